The Labute approximate surface area is 414 Å². The molecule has 370 valence electrons. The number of hydrogen-bond donors (Lipinski definition) is 1. The molecule has 1 amide bonds. The number of nitrogens with one attached hydrogen (secondary N) is 1. The fourth-order valence-corrected chi connectivity index (χ4v) is 11.9. The lowest BCUT2D eigenvalue weighted by atomic mass is 9.80. The second kappa shape index (κ2) is 21.8. The van der Waals surface area contributed by atoms with E-state index in [1.54, 1.807) is 49.4 Å². The lowest BCUT2D eigenvalue weighted by Crippen LogP contribution is -2.53. The Morgan fingerprint density at radius 2 is 1.39 bits per heavy atom. The average Bonchev–Trinajstić information content (AvgIpc) is 3.93. The Kier molecular flexibility index (Phi) is 16.3. The maximum absolute atomic E-state index is 13.5. The fourth-order valence-electron chi connectivity index (χ4n) is 8.68. The summed E-state index contributed by atoms with van der Waals surface area (Å²) in [4.78, 5) is 27.5. The van der Waals surface area contributed by atoms with Gasteiger partial charge in [0.15, 0.2) is 31.5 Å². The second-order valence-corrected chi connectivity index (χ2v) is 25.7. The number of hydrogen-bond acceptors (Lipinski definition) is 12. The van der Waals surface area contributed by atoms with Crippen LogP contribution in [0.4, 0.5) is 5.82 Å². The monoisotopic (exact) mass is 988 g/mol. The van der Waals surface area contributed by atoms with Gasteiger partial charge in [0.05, 0.1) is 33.8 Å². The van der Waals surface area contributed by atoms with Gasteiger partial charge >= 0.3 is 14.7 Å². The summed E-state index contributed by atoms with van der Waals surface area (Å²) in [6.07, 6.45) is 2.19. The third-order valence-electron chi connectivity index (χ3n) is 13.5. The van der Waals surface area contributed by atoms with Gasteiger partial charge in [0.25, 0.3) is 5.91 Å². The minimum Gasteiger partial charge on any atom is -0.497 e. The summed E-state index contributed by atoms with van der Waals surface area (Å²) in [5.41, 5.74) is 2.57. The number of fused-ring (bicyclic) bond motifs is 1. The maximum atomic E-state index is 13.5. The molecular formula is C53H67N7O8PSi+. The summed E-state index contributed by atoms with van der Waals surface area (Å²) in [6, 6.07) is 34.3. The predicted molar refractivity (Wildman–Crippen MR) is 274 cm³/mol. The zero-order valence-corrected chi connectivity index (χ0v) is 44.2. The number of ether oxygens (including phenoxy) is 4. The molecule has 3 heterocycles. The van der Waals surface area contributed by atoms with Crippen molar-refractivity contribution < 1.29 is 41.5 Å². The first kappa shape index (κ1) is 52.2. The molecule has 70 heavy (non-hydrogen) atoms. The third-order valence-corrected chi connectivity index (χ3v) is 20.4. The molecule has 5 atom stereocenters. The Morgan fingerprint density at radius 3 is 1.90 bits per heavy atom. The molecule has 2 aromatic heterocycles. The smallest absolute Gasteiger partial charge is 0.435 e. The zero-order chi connectivity index (χ0) is 50.4. The van der Waals surface area contributed by atoms with Crippen molar-refractivity contribution in [2.24, 2.45) is 0 Å². The van der Waals surface area contributed by atoms with Crippen LogP contribution < -0.4 is 14.8 Å². The molecule has 0 spiro atoms. The molecule has 0 bridgehead atoms. The summed E-state index contributed by atoms with van der Waals surface area (Å²) in [6.45, 7) is 21.2. The normalized spacial score (nSPS) is 18.2. The van der Waals surface area contributed by atoms with E-state index >= 15 is 0 Å². The van der Waals surface area contributed by atoms with E-state index in [-0.39, 0.29) is 39.7 Å². The van der Waals surface area contributed by atoms with Crippen molar-refractivity contribution in [1.29, 1.82) is 5.26 Å². The van der Waals surface area contributed by atoms with Crippen LogP contribution in [0, 0.1) is 11.5 Å². The van der Waals surface area contributed by atoms with E-state index in [1.165, 1.54) is 6.33 Å². The van der Waals surface area contributed by atoms with E-state index in [1.807, 2.05) is 107 Å². The van der Waals surface area contributed by atoms with Crippen LogP contribution in [-0.2, 0) is 28.5 Å². The molecule has 6 aromatic rings. The number of aromatic nitrogens is 4. The highest BCUT2D eigenvalue weighted by molar-refractivity contribution is 7.41. The van der Waals surface area contributed by atoms with Crippen molar-refractivity contribution in [3.63, 3.8) is 0 Å². The number of benzene rings is 4. The van der Waals surface area contributed by atoms with Crippen molar-refractivity contribution in [3.8, 4) is 17.7 Å². The van der Waals surface area contributed by atoms with E-state index in [4.69, 9.17) is 42.4 Å². The molecule has 4 aromatic carbocycles. The van der Waals surface area contributed by atoms with Crippen LogP contribution in [0.2, 0.25) is 18.1 Å². The van der Waals surface area contributed by atoms with E-state index in [0.29, 0.717) is 34.8 Å². The number of nitriles is 1. The number of rotatable bonds is 20. The van der Waals surface area contributed by atoms with Crippen molar-refractivity contribution in [2.75, 3.05) is 32.8 Å². The van der Waals surface area contributed by atoms with E-state index in [0.717, 1.165) is 16.7 Å². The third kappa shape index (κ3) is 10.3. The number of nitrogens with zero attached hydrogens (tertiary/aromatic N) is 6. The molecule has 15 nitrogen and oxygen atoms in total. The largest absolute Gasteiger partial charge is 0.497 e. The Hall–Kier alpha value is -5.60. The number of carbonyl (C=O) groups is 1. The topological polar surface area (TPSA) is 161 Å². The van der Waals surface area contributed by atoms with Crippen molar-refractivity contribution in [2.45, 2.75) is 116 Å². The van der Waals surface area contributed by atoms with E-state index in [9.17, 15) is 10.1 Å². The van der Waals surface area contributed by atoms with E-state index < -0.39 is 47.0 Å². The molecule has 1 fully saturated rings. The first-order chi connectivity index (χ1) is 33.4. The zero-order valence-electron chi connectivity index (χ0n) is 42.3. The number of amides is 1. The van der Waals surface area contributed by atoms with E-state index in [2.05, 4.69) is 62.5 Å². The lowest BCUT2D eigenvalue weighted by molar-refractivity contribution is -0.798. The van der Waals surface area contributed by atoms with Crippen molar-refractivity contribution in [1.82, 2.24) is 19.5 Å². The highest BCUT2D eigenvalue weighted by atomic mass is 31.2. The van der Waals surface area contributed by atoms with Crippen LogP contribution in [-0.4, -0.2) is 95.8 Å². The first-order valence-electron chi connectivity index (χ1n) is 23.7. The molecule has 1 N–H and O–H groups in total. The molecule has 7 rings (SSSR count). The number of quaternary nitrogens is 1. The number of carbonyl (C=O) groups excluding carboxylic acids is 1. The lowest BCUT2D eigenvalue weighted by Gasteiger charge is -2.43. The van der Waals surface area contributed by atoms with Crippen LogP contribution >= 0.6 is 8.53 Å². The quantitative estimate of drug-likeness (QED) is 0.0334. The second-order valence-electron chi connectivity index (χ2n) is 19.3. The summed E-state index contributed by atoms with van der Waals surface area (Å²) in [7, 11) is -1.40. The average molecular weight is 989 g/mol. The Bertz CT molecular complexity index is 2660. The van der Waals surface area contributed by atoms with Gasteiger partial charge in [-0.2, -0.15) is 4.25 Å². The highest BCUT2D eigenvalue weighted by Crippen LogP contribution is 2.57. The van der Waals surface area contributed by atoms with Gasteiger partial charge in [-0.1, -0.05) is 93.6 Å². The molecule has 0 aliphatic carbocycles. The number of methoxy groups -OCH3 is 2. The molecule has 1 saturated heterocycles. The van der Waals surface area contributed by atoms with Gasteiger partial charge in [-0.3, -0.25) is 18.4 Å². The molecule has 1 aliphatic rings. The summed E-state index contributed by atoms with van der Waals surface area (Å²) < 4.78 is 49.4. The summed E-state index contributed by atoms with van der Waals surface area (Å²) in [5.74, 6) is 1.28. The SMILES string of the molecule is CCOP(O[C@@H]1[C@H](O[Si](C)(C)C(C)(C)C)[C@@H](COC(c2ccccc2)(c2ccc(OC)cc2)c2ccc(OC)cc2)O[C@H]1n1cnc2c(NC(=O)c3ccccc3)ncnc21)[N+](C#N)(C(C)C)C(C)C. The van der Waals surface area contributed by atoms with Gasteiger partial charge in [-0.05, 0) is 106 Å². The van der Waals surface area contributed by atoms with Gasteiger partial charge in [0, 0.05) is 5.56 Å². The fraction of sp³-hybridized carbons (Fsp3) is 0.415. The minimum atomic E-state index is -2.68. The van der Waals surface area contributed by atoms with Gasteiger partial charge in [-0.15, -0.1) is 5.26 Å². The minimum absolute atomic E-state index is 0.00176. The number of imidazole rings is 1. The van der Waals surface area contributed by atoms with Gasteiger partial charge in [0.1, 0.15) is 53.8 Å². The molecule has 1 aliphatic heterocycles. The van der Waals surface area contributed by atoms with Crippen LogP contribution in [0.1, 0.15) is 88.7 Å². The first-order valence-corrected chi connectivity index (χ1v) is 27.7. The highest BCUT2D eigenvalue weighted by Gasteiger charge is 2.58. The molecular weight excluding hydrogens is 922 g/mol. The Balaban J connectivity index is 1.42. The van der Waals surface area contributed by atoms with Gasteiger partial charge < -0.3 is 28.7 Å². The molecule has 17 heteroatoms. The predicted octanol–water partition coefficient (Wildman–Crippen LogP) is 11.2. The standard InChI is InChI=1S/C53H66N7O8PSi/c1-13-65-69(60(33-54,36(2)3)37(4)5)67-47-46(68-70(11,12)52(6,7)8)44(66-51(47)59-35-57-45-48(55-34-56-49(45)59)58-50(61)38-20-16-14-17-21-38)32-64-53(39-22-18-15-19-23-39,40-24-28-42(62-9)29-25-40)41-26-30-43(63-10)31-27-41/h14-31,34-37,44,46-47,51H,13,32H2,1-12H3/p+1/t44-,46-,47-,51-,69?/m1/s1. The van der Waals surface area contributed by atoms with Gasteiger partial charge in [0.2, 0.25) is 0 Å². The molecule has 0 radical (unpaired) electrons. The van der Waals surface area contributed by atoms with Crippen molar-refractivity contribution in [3.05, 3.63) is 144 Å². The molecule has 0 saturated carbocycles. The van der Waals surface area contributed by atoms with Crippen LogP contribution in [0.5, 0.6) is 11.5 Å². The summed E-state index contributed by atoms with van der Waals surface area (Å²) >= 11 is 0. The van der Waals surface area contributed by atoms with Crippen LogP contribution in [0.25, 0.3) is 11.2 Å². The molecule has 1 unspecified atom stereocenters. The summed E-state index contributed by atoms with van der Waals surface area (Å²) in [5, 5.41) is 13.9. The maximum Gasteiger partial charge on any atom is 0.435 e. The van der Waals surface area contributed by atoms with Crippen molar-refractivity contribution >= 4 is 39.7 Å². The van der Waals surface area contributed by atoms with Gasteiger partial charge in [-0.25, -0.2) is 15.0 Å². The van der Waals surface area contributed by atoms with Crippen LogP contribution in [0.15, 0.2) is 122 Å². The van der Waals surface area contributed by atoms with Crippen LogP contribution in [0.3, 0.4) is 0 Å². The Morgan fingerprint density at radius 1 is 0.829 bits per heavy atom. The number of anilines is 1.